The van der Waals surface area contributed by atoms with Gasteiger partial charge in [0.2, 0.25) is 0 Å². The summed E-state index contributed by atoms with van der Waals surface area (Å²) in [6, 6.07) is 5.78. The highest BCUT2D eigenvalue weighted by atomic mass is 35.5. The molecule has 0 saturated heterocycles. The molecule has 29 heavy (non-hydrogen) atoms. The van der Waals surface area contributed by atoms with Gasteiger partial charge in [-0.25, -0.2) is 4.79 Å². The van der Waals surface area contributed by atoms with Gasteiger partial charge in [-0.2, -0.15) is 8.42 Å². The van der Waals surface area contributed by atoms with Crippen LogP contribution >= 0.6 is 11.6 Å². The monoisotopic (exact) mass is 450 g/mol. The fourth-order valence-corrected chi connectivity index (χ4v) is 3.06. The van der Waals surface area contributed by atoms with Crippen LogP contribution in [-0.2, 0) is 23.9 Å². The van der Waals surface area contributed by atoms with E-state index in [-0.39, 0.29) is 24.6 Å². The summed E-state index contributed by atoms with van der Waals surface area (Å²) in [6.45, 7) is 0.481. The van der Waals surface area contributed by atoms with E-state index >= 15 is 0 Å². The van der Waals surface area contributed by atoms with E-state index in [0.717, 1.165) is 6.26 Å². The first-order valence-corrected chi connectivity index (χ1v) is 10.8. The fraction of sp³-hybridized carbons (Fsp3) is 0.471. The van der Waals surface area contributed by atoms with Crippen molar-refractivity contribution in [2.24, 2.45) is 5.73 Å². The van der Waals surface area contributed by atoms with Crippen LogP contribution in [-0.4, -0.2) is 73.7 Å². The summed E-state index contributed by atoms with van der Waals surface area (Å²) in [5, 5.41) is 18.1. The van der Waals surface area contributed by atoms with E-state index in [0.29, 0.717) is 12.2 Å². The van der Waals surface area contributed by atoms with Crippen molar-refractivity contribution in [2.75, 3.05) is 36.7 Å². The molecule has 10 nitrogen and oxygen atoms in total. The fourth-order valence-electron chi connectivity index (χ4n) is 2.47. The predicted octanol–water partition coefficient (Wildman–Crippen LogP) is 0.538. The normalized spacial score (nSPS) is 13.5. The number of hydrogen-bond acceptors (Lipinski definition) is 8. The third-order valence-corrected chi connectivity index (χ3v) is 4.79. The molecule has 0 aromatic heterocycles. The van der Waals surface area contributed by atoms with Crippen LogP contribution in [0.25, 0.3) is 0 Å². The Balaban J connectivity index is 2.99. The molecule has 1 aromatic carbocycles. The zero-order valence-electron chi connectivity index (χ0n) is 15.7. The molecule has 162 valence electrons. The molecule has 0 fully saturated rings. The number of hydrogen-bond donors (Lipinski definition) is 3. The molecule has 12 heteroatoms. The number of Topliss-reactive ketones (excluding diaryl/α,β-unsaturated/α-hetero) is 1. The Bertz CT molecular complexity index is 843. The van der Waals surface area contributed by atoms with Crippen LogP contribution in [0.2, 0.25) is 0 Å². The topological polar surface area (TPSA) is 164 Å². The Kier molecular flexibility index (Phi) is 9.02. The zero-order chi connectivity index (χ0) is 22.2. The van der Waals surface area contributed by atoms with E-state index < -0.39 is 46.2 Å². The summed E-state index contributed by atoms with van der Waals surface area (Å²) < 4.78 is 26.9. The average Bonchev–Trinajstić information content (AvgIpc) is 2.63. The molecule has 0 bridgehead atoms. The SMILES string of the molecule is CS(=O)(=O)OCCN(CCCl)c1ccc(C(=O)[C@](N)(CCC(=O)O)C(=O)O)cc1. The predicted molar refractivity (Wildman–Crippen MR) is 106 cm³/mol. The highest BCUT2D eigenvalue weighted by Crippen LogP contribution is 2.21. The third-order valence-electron chi connectivity index (χ3n) is 4.03. The van der Waals surface area contributed by atoms with Gasteiger partial charge in [0.15, 0.2) is 11.3 Å². The Morgan fingerprint density at radius 1 is 1.17 bits per heavy atom. The summed E-state index contributed by atoms with van der Waals surface area (Å²) >= 11 is 5.77. The average molecular weight is 451 g/mol. The van der Waals surface area contributed by atoms with Crippen LogP contribution in [0.15, 0.2) is 24.3 Å². The minimum atomic E-state index is -3.59. The maximum Gasteiger partial charge on any atom is 0.331 e. The van der Waals surface area contributed by atoms with E-state index in [1.165, 1.54) is 24.3 Å². The van der Waals surface area contributed by atoms with Gasteiger partial charge in [0, 0.05) is 36.6 Å². The van der Waals surface area contributed by atoms with Crippen molar-refractivity contribution in [1.82, 2.24) is 0 Å². The maximum absolute atomic E-state index is 12.6. The number of carboxylic acid groups (broad SMARTS) is 2. The second kappa shape index (κ2) is 10.5. The van der Waals surface area contributed by atoms with Gasteiger partial charge in [-0.05, 0) is 30.7 Å². The molecule has 0 unspecified atom stereocenters. The lowest BCUT2D eigenvalue weighted by Crippen LogP contribution is -2.55. The number of carbonyl (C=O) groups excluding carboxylic acids is 1. The zero-order valence-corrected chi connectivity index (χ0v) is 17.3. The van der Waals surface area contributed by atoms with Crippen LogP contribution in [0.3, 0.4) is 0 Å². The van der Waals surface area contributed by atoms with Crippen LogP contribution in [0.1, 0.15) is 23.2 Å². The van der Waals surface area contributed by atoms with Crippen LogP contribution < -0.4 is 10.6 Å². The number of nitrogens with zero attached hydrogens (tertiary/aromatic N) is 1. The molecule has 0 spiro atoms. The molecule has 0 amide bonds. The molecule has 0 radical (unpaired) electrons. The molecule has 4 N–H and O–H groups in total. The van der Waals surface area contributed by atoms with Crippen molar-refractivity contribution >= 4 is 45.1 Å². The number of carbonyl (C=O) groups is 3. The van der Waals surface area contributed by atoms with E-state index in [1.807, 2.05) is 0 Å². The molecule has 1 aromatic rings. The van der Waals surface area contributed by atoms with Crippen molar-refractivity contribution in [3.8, 4) is 0 Å². The van der Waals surface area contributed by atoms with Crippen molar-refractivity contribution in [3.05, 3.63) is 29.8 Å². The van der Waals surface area contributed by atoms with E-state index in [4.69, 9.17) is 26.6 Å². The van der Waals surface area contributed by atoms with Gasteiger partial charge in [-0.3, -0.25) is 13.8 Å². The third kappa shape index (κ3) is 7.61. The molecular formula is C17H23ClN2O8S. The lowest BCUT2D eigenvalue weighted by molar-refractivity contribution is -0.142. The molecule has 0 aliphatic rings. The van der Waals surface area contributed by atoms with Crippen molar-refractivity contribution in [1.29, 1.82) is 0 Å². The first-order valence-electron chi connectivity index (χ1n) is 8.45. The van der Waals surface area contributed by atoms with Crippen molar-refractivity contribution < 1.29 is 37.2 Å². The number of aliphatic carboxylic acids is 2. The molecule has 0 aliphatic carbocycles. The number of carboxylic acids is 2. The lowest BCUT2D eigenvalue weighted by Gasteiger charge is -2.25. The van der Waals surface area contributed by atoms with Gasteiger partial charge in [0.05, 0.1) is 12.9 Å². The molecular weight excluding hydrogens is 428 g/mol. The Labute approximate surface area is 173 Å². The molecule has 1 atom stereocenters. The summed E-state index contributed by atoms with van der Waals surface area (Å²) in [6.07, 6.45) is -0.193. The number of ketones is 1. The van der Waals surface area contributed by atoms with Gasteiger partial charge in [0.1, 0.15) is 0 Å². The number of alkyl halides is 1. The highest BCUT2D eigenvalue weighted by Gasteiger charge is 2.42. The van der Waals surface area contributed by atoms with Crippen LogP contribution in [0, 0.1) is 0 Å². The Morgan fingerprint density at radius 2 is 1.76 bits per heavy atom. The van der Waals surface area contributed by atoms with E-state index in [1.54, 1.807) is 4.90 Å². The minimum absolute atomic E-state index is 0.00208. The minimum Gasteiger partial charge on any atom is -0.481 e. The number of rotatable bonds is 13. The molecule has 0 saturated carbocycles. The molecule has 0 heterocycles. The lowest BCUT2D eigenvalue weighted by atomic mass is 9.86. The first kappa shape index (κ1) is 24.8. The van der Waals surface area contributed by atoms with Crippen molar-refractivity contribution in [2.45, 2.75) is 18.4 Å². The number of anilines is 1. The summed E-state index contributed by atoms with van der Waals surface area (Å²) in [4.78, 5) is 36.5. The largest absolute Gasteiger partial charge is 0.481 e. The Morgan fingerprint density at radius 3 is 2.21 bits per heavy atom. The quantitative estimate of drug-likeness (QED) is 0.167. The molecule has 1 rings (SSSR count). The van der Waals surface area contributed by atoms with Gasteiger partial charge >= 0.3 is 11.9 Å². The molecule has 0 aliphatic heterocycles. The van der Waals surface area contributed by atoms with Gasteiger partial charge in [0.25, 0.3) is 10.1 Å². The number of benzene rings is 1. The number of nitrogens with two attached hydrogens (primary N) is 1. The second-order valence-corrected chi connectivity index (χ2v) is 8.27. The number of halogens is 1. The van der Waals surface area contributed by atoms with Gasteiger partial charge < -0.3 is 20.8 Å². The maximum atomic E-state index is 12.6. The van der Waals surface area contributed by atoms with Gasteiger partial charge in [-0.1, -0.05) is 0 Å². The Hall–Kier alpha value is -2.21. The summed E-state index contributed by atoms with van der Waals surface area (Å²) in [5.41, 5.74) is 3.94. The van der Waals surface area contributed by atoms with E-state index in [9.17, 15) is 27.9 Å². The highest BCUT2D eigenvalue weighted by molar-refractivity contribution is 7.85. The summed E-state index contributed by atoms with van der Waals surface area (Å²) in [5.74, 6) is -3.55. The first-order chi connectivity index (χ1) is 13.4. The second-order valence-electron chi connectivity index (χ2n) is 6.25. The summed E-state index contributed by atoms with van der Waals surface area (Å²) in [7, 11) is -3.59. The van der Waals surface area contributed by atoms with Crippen molar-refractivity contribution in [3.63, 3.8) is 0 Å². The standard InChI is InChI=1S/C17H23ClN2O8S/c1-29(26,27)28-11-10-20(9-8-18)13-4-2-12(3-5-13)15(23)17(19,16(24)25)7-6-14(21)22/h2-5H,6-11,19H2,1H3,(H,21,22)(H,24,25)/t17-/m1/s1. The van der Waals surface area contributed by atoms with Gasteiger partial charge in [-0.15, -0.1) is 11.6 Å². The van der Waals surface area contributed by atoms with E-state index in [2.05, 4.69) is 0 Å². The van der Waals surface area contributed by atoms with Crippen LogP contribution in [0.5, 0.6) is 0 Å². The smallest absolute Gasteiger partial charge is 0.331 e. The van der Waals surface area contributed by atoms with Crippen LogP contribution in [0.4, 0.5) is 5.69 Å².